The predicted molar refractivity (Wildman–Crippen MR) is 66.3 cm³/mol. The number of hydrogen-bond acceptors (Lipinski definition) is 5. The standard InChI is InChI=1S/C13H15N3O2/c1-2-18-13(17)12(9-14)10-16-8-5-11-3-6-15-7-4-11/h3-4,6-7,10,16H,2,5,8H2,1H3/b12-10+. The molecule has 0 fully saturated rings. The molecule has 5 heteroatoms. The van der Waals surface area contributed by atoms with Gasteiger partial charge in [0.15, 0.2) is 5.57 Å². The Balaban J connectivity index is 2.39. The molecule has 1 rings (SSSR count). The molecule has 0 aliphatic rings. The van der Waals surface area contributed by atoms with Crippen LogP contribution in [0.2, 0.25) is 0 Å². The van der Waals surface area contributed by atoms with Crippen LogP contribution < -0.4 is 5.32 Å². The van der Waals surface area contributed by atoms with E-state index in [2.05, 4.69) is 10.3 Å². The molecule has 0 atom stereocenters. The maximum absolute atomic E-state index is 11.3. The Morgan fingerprint density at radius 1 is 1.56 bits per heavy atom. The van der Waals surface area contributed by atoms with Gasteiger partial charge in [-0.2, -0.15) is 5.26 Å². The molecule has 1 aromatic heterocycles. The number of aromatic nitrogens is 1. The van der Waals surface area contributed by atoms with Crippen LogP contribution in [0.25, 0.3) is 0 Å². The Morgan fingerprint density at radius 3 is 2.89 bits per heavy atom. The van der Waals surface area contributed by atoms with Gasteiger partial charge in [0.25, 0.3) is 0 Å². The van der Waals surface area contributed by atoms with E-state index < -0.39 is 5.97 Å². The van der Waals surface area contributed by atoms with Gasteiger partial charge in [0, 0.05) is 25.1 Å². The minimum atomic E-state index is -0.601. The van der Waals surface area contributed by atoms with Crippen molar-refractivity contribution < 1.29 is 9.53 Å². The molecule has 1 aromatic rings. The van der Waals surface area contributed by atoms with Crippen LogP contribution >= 0.6 is 0 Å². The third-order valence-electron chi connectivity index (χ3n) is 2.17. The highest BCUT2D eigenvalue weighted by Crippen LogP contribution is 1.97. The van der Waals surface area contributed by atoms with E-state index in [9.17, 15) is 4.79 Å². The van der Waals surface area contributed by atoms with Crippen molar-refractivity contribution in [2.24, 2.45) is 0 Å². The molecule has 0 bridgehead atoms. The zero-order chi connectivity index (χ0) is 13.2. The molecule has 18 heavy (non-hydrogen) atoms. The fraction of sp³-hybridized carbons (Fsp3) is 0.308. The minimum absolute atomic E-state index is 0.0217. The van der Waals surface area contributed by atoms with Crippen molar-refractivity contribution in [1.82, 2.24) is 10.3 Å². The van der Waals surface area contributed by atoms with Crippen molar-refractivity contribution in [2.45, 2.75) is 13.3 Å². The number of rotatable bonds is 6. The van der Waals surface area contributed by atoms with E-state index in [1.807, 2.05) is 12.1 Å². The lowest BCUT2D eigenvalue weighted by molar-refractivity contribution is -0.138. The molecular weight excluding hydrogens is 230 g/mol. The Morgan fingerprint density at radius 2 is 2.28 bits per heavy atom. The maximum Gasteiger partial charge on any atom is 0.350 e. The van der Waals surface area contributed by atoms with Gasteiger partial charge in [0.05, 0.1) is 6.61 Å². The SMILES string of the molecule is CCOC(=O)/C(C#N)=C/NCCc1ccncc1. The number of nitrogens with one attached hydrogen (secondary N) is 1. The first-order valence-electron chi connectivity index (χ1n) is 5.67. The van der Waals surface area contributed by atoms with Gasteiger partial charge in [-0.3, -0.25) is 4.98 Å². The second-order valence-corrected chi connectivity index (χ2v) is 3.45. The maximum atomic E-state index is 11.3. The highest BCUT2D eigenvalue weighted by Gasteiger charge is 2.08. The number of nitrogens with zero attached hydrogens (tertiary/aromatic N) is 2. The van der Waals surface area contributed by atoms with E-state index in [0.717, 1.165) is 12.0 Å². The second-order valence-electron chi connectivity index (χ2n) is 3.45. The Bertz CT molecular complexity index is 449. The van der Waals surface area contributed by atoms with Gasteiger partial charge in [-0.15, -0.1) is 0 Å². The van der Waals surface area contributed by atoms with Gasteiger partial charge in [-0.1, -0.05) is 0 Å². The summed E-state index contributed by atoms with van der Waals surface area (Å²) in [5.74, 6) is -0.601. The van der Waals surface area contributed by atoms with Crippen LogP contribution in [0.3, 0.4) is 0 Å². The van der Waals surface area contributed by atoms with Crippen molar-refractivity contribution in [2.75, 3.05) is 13.2 Å². The molecule has 0 saturated heterocycles. The fourth-order valence-corrected chi connectivity index (χ4v) is 1.29. The van der Waals surface area contributed by atoms with Crippen LogP contribution in [-0.2, 0) is 16.0 Å². The summed E-state index contributed by atoms with van der Waals surface area (Å²) in [5, 5.41) is 11.7. The summed E-state index contributed by atoms with van der Waals surface area (Å²) in [7, 11) is 0. The van der Waals surface area contributed by atoms with E-state index in [-0.39, 0.29) is 12.2 Å². The minimum Gasteiger partial charge on any atom is -0.462 e. The molecule has 0 aliphatic carbocycles. The molecule has 0 aliphatic heterocycles. The average Bonchev–Trinajstić information content (AvgIpc) is 2.40. The number of carbonyl (C=O) groups excluding carboxylic acids is 1. The second kappa shape index (κ2) is 7.85. The van der Waals surface area contributed by atoms with Crippen molar-refractivity contribution in [1.29, 1.82) is 5.26 Å². The van der Waals surface area contributed by atoms with Gasteiger partial charge in [0.1, 0.15) is 6.07 Å². The van der Waals surface area contributed by atoms with Crippen molar-refractivity contribution >= 4 is 5.97 Å². The fourth-order valence-electron chi connectivity index (χ4n) is 1.29. The first-order chi connectivity index (χ1) is 8.77. The Labute approximate surface area is 106 Å². The lowest BCUT2D eigenvalue weighted by Crippen LogP contribution is -2.14. The number of esters is 1. The van der Waals surface area contributed by atoms with Gasteiger partial charge >= 0.3 is 5.97 Å². The molecule has 0 unspecified atom stereocenters. The number of ether oxygens (including phenoxy) is 1. The van der Waals surface area contributed by atoms with Crippen LogP contribution in [0, 0.1) is 11.3 Å². The topological polar surface area (TPSA) is 75.0 Å². The van der Waals surface area contributed by atoms with Crippen LogP contribution in [0.4, 0.5) is 0 Å². The quantitative estimate of drug-likeness (QED) is 0.352. The van der Waals surface area contributed by atoms with Crippen LogP contribution in [0.5, 0.6) is 0 Å². The highest BCUT2D eigenvalue weighted by atomic mass is 16.5. The number of pyridine rings is 1. The summed E-state index contributed by atoms with van der Waals surface area (Å²) in [5.41, 5.74) is 1.12. The molecule has 1 N–H and O–H groups in total. The lowest BCUT2D eigenvalue weighted by atomic mass is 10.2. The first kappa shape index (κ1) is 13.7. The van der Waals surface area contributed by atoms with Gasteiger partial charge < -0.3 is 10.1 Å². The molecule has 0 radical (unpaired) electrons. The first-order valence-corrected chi connectivity index (χ1v) is 5.67. The van der Waals surface area contributed by atoms with Crippen molar-refractivity contribution in [3.63, 3.8) is 0 Å². The Kier molecular flexibility index (Phi) is 5.98. The van der Waals surface area contributed by atoms with Gasteiger partial charge in [-0.25, -0.2) is 4.79 Å². The molecular formula is C13H15N3O2. The Hall–Kier alpha value is -2.35. The predicted octanol–water partition coefficient (Wildman–Crippen LogP) is 1.18. The third-order valence-corrected chi connectivity index (χ3v) is 2.17. The van der Waals surface area contributed by atoms with Crippen molar-refractivity contribution in [3.8, 4) is 6.07 Å². The summed E-state index contributed by atoms with van der Waals surface area (Å²) in [6.45, 7) is 2.59. The van der Waals surface area contributed by atoms with E-state index in [1.165, 1.54) is 6.20 Å². The lowest BCUT2D eigenvalue weighted by Gasteiger charge is -2.03. The largest absolute Gasteiger partial charge is 0.462 e. The molecule has 0 aromatic carbocycles. The number of nitriles is 1. The molecule has 1 heterocycles. The van der Waals surface area contributed by atoms with Crippen LogP contribution in [0.15, 0.2) is 36.3 Å². The third kappa shape index (κ3) is 4.66. The van der Waals surface area contributed by atoms with E-state index >= 15 is 0 Å². The summed E-state index contributed by atoms with van der Waals surface area (Å²) in [6.07, 6.45) is 5.63. The summed E-state index contributed by atoms with van der Waals surface area (Å²) < 4.78 is 4.73. The highest BCUT2D eigenvalue weighted by molar-refractivity contribution is 5.92. The van der Waals surface area contributed by atoms with Crippen molar-refractivity contribution in [3.05, 3.63) is 41.9 Å². The van der Waals surface area contributed by atoms with E-state index in [4.69, 9.17) is 10.00 Å². The monoisotopic (exact) mass is 245 g/mol. The smallest absolute Gasteiger partial charge is 0.350 e. The van der Waals surface area contributed by atoms with Crippen LogP contribution in [0.1, 0.15) is 12.5 Å². The van der Waals surface area contributed by atoms with Gasteiger partial charge in [0.2, 0.25) is 0 Å². The molecule has 5 nitrogen and oxygen atoms in total. The summed E-state index contributed by atoms with van der Waals surface area (Å²) in [4.78, 5) is 15.2. The van der Waals surface area contributed by atoms with Crippen LogP contribution in [-0.4, -0.2) is 24.1 Å². The molecule has 94 valence electrons. The summed E-state index contributed by atoms with van der Waals surface area (Å²) >= 11 is 0. The number of carbonyl (C=O) groups is 1. The van der Waals surface area contributed by atoms with E-state index in [0.29, 0.717) is 6.54 Å². The zero-order valence-corrected chi connectivity index (χ0v) is 10.2. The summed E-state index contributed by atoms with van der Waals surface area (Å²) in [6, 6.07) is 5.64. The van der Waals surface area contributed by atoms with E-state index in [1.54, 1.807) is 25.4 Å². The number of hydrogen-bond donors (Lipinski definition) is 1. The molecule has 0 saturated carbocycles. The molecule has 0 amide bonds. The zero-order valence-electron chi connectivity index (χ0n) is 10.2. The molecule has 0 spiro atoms. The average molecular weight is 245 g/mol. The normalized spacial score (nSPS) is 10.6. The van der Waals surface area contributed by atoms with Gasteiger partial charge in [-0.05, 0) is 31.0 Å².